The summed E-state index contributed by atoms with van der Waals surface area (Å²) in [6.07, 6.45) is 0. The van der Waals surface area contributed by atoms with Gasteiger partial charge in [0.2, 0.25) is 0 Å². The molecule has 2 N–H and O–H groups in total. The molecule has 1 rings (SSSR count). The normalized spacial score (nSPS) is 9.90. The molecule has 54 valence electrons. The lowest BCUT2D eigenvalue weighted by atomic mass is 10.2. The second kappa shape index (κ2) is 2.72. The van der Waals surface area contributed by atoms with Crippen LogP contribution in [0, 0.1) is 6.92 Å². The van der Waals surface area contributed by atoms with Gasteiger partial charge in [0.25, 0.3) is 0 Å². The van der Waals surface area contributed by atoms with Gasteiger partial charge in [0, 0.05) is 4.90 Å². The lowest BCUT2D eigenvalue weighted by molar-refractivity contribution is 1.37. The fraction of sp³-hybridized carbons (Fsp3) is 0.143. The SMILES string of the molecule is Cc1cc(S)c(N)c(Cl)c1. The minimum absolute atomic E-state index is 0.551. The summed E-state index contributed by atoms with van der Waals surface area (Å²) in [5.74, 6) is 0. The Balaban J connectivity index is 3.31. The molecule has 3 heteroatoms. The molecule has 1 aromatic carbocycles. The van der Waals surface area contributed by atoms with Crippen molar-refractivity contribution in [2.24, 2.45) is 0 Å². The Kier molecular flexibility index (Phi) is 2.11. The number of thiol groups is 1. The summed E-state index contributed by atoms with van der Waals surface area (Å²) in [5, 5.41) is 0.574. The van der Waals surface area contributed by atoms with Crippen LogP contribution in [0.25, 0.3) is 0 Å². The van der Waals surface area contributed by atoms with Crippen molar-refractivity contribution in [2.45, 2.75) is 11.8 Å². The molecule has 10 heavy (non-hydrogen) atoms. The van der Waals surface area contributed by atoms with E-state index in [-0.39, 0.29) is 0 Å². The molecule has 0 aliphatic carbocycles. The van der Waals surface area contributed by atoms with Gasteiger partial charge in [-0.05, 0) is 24.6 Å². The lowest BCUT2D eigenvalue weighted by Crippen LogP contribution is -1.88. The molecule has 0 saturated carbocycles. The predicted molar refractivity (Wildman–Crippen MR) is 47.9 cm³/mol. The van der Waals surface area contributed by atoms with E-state index in [2.05, 4.69) is 12.6 Å². The zero-order valence-corrected chi connectivity index (χ0v) is 7.21. The Bertz CT molecular complexity index is 237. The first-order chi connectivity index (χ1) is 4.61. The highest BCUT2D eigenvalue weighted by molar-refractivity contribution is 7.80. The van der Waals surface area contributed by atoms with Gasteiger partial charge in [0.15, 0.2) is 0 Å². The highest BCUT2D eigenvalue weighted by atomic mass is 35.5. The number of halogens is 1. The number of hydrogen-bond donors (Lipinski definition) is 2. The molecular formula is C7H8ClNS. The standard InChI is InChI=1S/C7H8ClNS/c1-4-2-5(8)7(9)6(10)3-4/h2-3,10H,9H2,1H3. The molecule has 1 aromatic rings. The van der Waals surface area contributed by atoms with E-state index >= 15 is 0 Å². The van der Waals surface area contributed by atoms with Crippen LogP contribution in [0.3, 0.4) is 0 Å². The smallest absolute Gasteiger partial charge is 0.0649 e. The van der Waals surface area contributed by atoms with Crippen molar-refractivity contribution in [1.82, 2.24) is 0 Å². The van der Waals surface area contributed by atoms with Crippen LogP contribution < -0.4 is 5.73 Å². The van der Waals surface area contributed by atoms with E-state index in [1.807, 2.05) is 19.1 Å². The van der Waals surface area contributed by atoms with Crippen molar-refractivity contribution in [3.8, 4) is 0 Å². The van der Waals surface area contributed by atoms with Gasteiger partial charge in [-0.2, -0.15) is 0 Å². The van der Waals surface area contributed by atoms with Gasteiger partial charge >= 0.3 is 0 Å². The van der Waals surface area contributed by atoms with Gasteiger partial charge in [-0.3, -0.25) is 0 Å². The minimum atomic E-state index is 0.551. The van der Waals surface area contributed by atoms with Crippen molar-refractivity contribution in [2.75, 3.05) is 5.73 Å². The summed E-state index contributed by atoms with van der Waals surface area (Å²) in [5.41, 5.74) is 7.17. The van der Waals surface area contributed by atoms with Gasteiger partial charge in [-0.25, -0.2) is 0 Å². The van der Waals surface area contributed by atoms with Gasteiger partial charge in [0.05, 0.1) is 10.7 Å². The Morgan fingerprint density at radius 3 is 2.60 bits per heavy atom. The number of nitrogen functional groups attached to an aromatic ring is 1. The second-order valence-corrected chi connectivity index (χ2v) is 3.07. The fourth-order valence-electron chi connectivity index (χ4n) is 0.735. The van der Waals surface area contributed by atoms with E-state index in [1.165, 1.54) is 0 Å². The van der Waals surface area contributed by atoms with Crippen LogP contribution in [0.2, 0.25) is 5.02 Å². The first kappa shape index (κ1) is 7.76. The van der Waals surface area contributed by atoms with Crippen LogP contribution in [-0.4, -0.2) is 0 Å². The minimum Gasteiger partial charge on any atom is -0.397 e. The summed E-state index contributed by atoms with van der Waals surface area (Å²) in [6.45, 7) is 1.95. The average molecular weight is 174 g/mol. The molecule has 0 bridgehead atoms. The van der Waals surface area contributed by atoms with Crippen molar-refractivity contribution in [3.05, 3.63) is 22.7 Å². The number of benzene rings is 1. The van der Waals surface area contributed by atoms with E-state index in [0.29, 0.717) is 10.7 Å². The Morgan fingerprint density at radius 2 is 2.10 bits per heavy atom. The maximum Gasteiger partial charge on any atom is 0.0649 e. The molecule has 0 aliphatic heterocycles. The number of aryl methyl sites for hydroxylation is 1. The van der Waals surface area contributed by atoms with E-state index in [4.69, 9.17) is 17.3 Å². The quantitative estimate of drug-likeness (QED) is 0.458. The summed E-state index contributed by atoms with van der Waals surface area (Å²) in [7, 11) is 0. The van der Waals surface area contributed by atoms with Crippen molar-refractivity contribution >= 4 is 29.9 Å². The maximum atomic E-state index is 5.75. The average Bonchev–Trinajstić information content (AvgIpc) is 1.82. The molecule has 0 radical (unpaired) electrons. The zero-order chi connectivity index (χ0) is 7.72. The number of anilines is 1. The van der Waals surface area contributed by atoms with Crippen LogP contribution in [0.15, 0.2) is 17.0 Å². The number of rotatable bonds is 0. The second-order valence-electron chi connectivity index (χ2n) is 2.18. The monoisotopic (exact) mass is 173 g/mol. The molecule has 0 atom stereocenters. The van der Waals surface area contributed by atoms with Gasteiger partial charge < -0.3 is 5.73 Å². The highest BCUT2D eigenvalue weighted by Crippen LogP contribution is 2.26. The predicted octanol–water partition coefficient (Wildman–Crippen LogP) is 2.52. The van der Waals surface area contributed by atoms with Crippen LogP contribution in [0.4, 0.5) is 5.69 Å². The molecule has 0 fully saturated rings. The molecule has 0 aliphatic rings. The topological polar surface area (TPSA) is 26.0 Å². The zero-order valence-electron chi connectivity index (χ0n) is 5.56. The molecule has 0 aromatic heterocycles. The van der Waals surface area contributed by atoms with Crippen molar-refractivity contribution < 1.29 is 0 Å². The highest BCUT2D eigenvalue weighted by Gasteiger charge is 1.99. The molecule has 0 heterocycles. The summed E-state index contributed by atoms with van der Waals surface area (Å²) < 4.78 is 0. The molecule has 0 amide bonds. The van der Waals surface area contributed by atoms with Crippen molar-refractivity contribution in [3.63, 3.8) is 0 Å². The van der Waals surface area contributed by atoms with Gasteiger partial charge in [0.1, 0.15) is 0 Å². The third-order valence-corrected chi connectivity index (χ3v) is 1.93. The fourth-order valence-corrected chi connectivity index (χ4v) is 1.40. The maximum absolute atomic E-state index is 5.75. The largest absolute Gasteiger partial charge is 0.397 e. The van der Waals surface area contributed by atoms with Crippen LogP contribution >= 0.6 is 24.2 Å². The summed E-state index contributed by atoms with van der Waals surface area (Å²) in [4.78, 5) is 0.741. The van der Waals surface area contributed by atoms with Crippen molar-refractivity contribution in [1.29, 1.82) is 0 Å². The van der Waals surface area contributed by atoms with E-state index < -0.39 is 0 Å². The van der Waals surface area contributed by atoms with E-state index in [9.17, 15) is 0 Å². The van der Waals surface area contributed by atoms with Crippen LogP contribution in [-0.2, 0) is 0 Å². The molecule has 0 unspecified atom stereocenters. The van der Waals surface area contributed by atoms with Crippen LogP contribution in [0.5, 0.6) is 0 Å². The Hall–Kier alpha value is -0.340. The summed E-state index contributed by atoms with van der Waals surface area (Å²) >= 11 is 9.87. The van der Waals surface area contributed by atoms with Gasteiger partial charge in [-0.1, -0.05) is 11.6 Å². The first-order valence-electron chi connectivity index (χ1n) is 2.86. The van der Waals surface area contributed by atoms with E-state index in [0.717, 1.165) is 10.5 Å². The lowest BCUT2D eigenvalue weighted by Gasteiger charge is -2.02. The third kappa shape index (κ3) is 1.39. The number of hydrogen-bond acceptors (Lipinski definition) is 2. The summed E-state index contributed by atoms with van der Waals surface area (Å²) in [6, 6.07) is 3.70. The molecular weight excluding hydrogens is 166 g/mol. The van der Waals surface area contributed by atoms with Crippen LogP contribution in [0.1, 0.15) is 5.56 Å². The molecule has 0 spiro atoms. The Labute approximate surface area is 70.6 Å². The van der Waals surface area contributed by atoms with E-state index in [1.54, 1.807) is 0 Å². The Morgan fingerprint density at radius 1 is 1.50 bits per heavy atom. The third-order valence-electron chi connectivity index (χ3n) is 1.25. The number of nitrogens with two attached hydrogens (primary N) is 1. The first-order valence-corrected chi connectivity index (χ1v) is 3.68. The van der Waals surface area contributed by atoms with Gasteiger partial charge in [-0.15, -0.1) is 12.6 Å². The molecule has 1 nitrogen and oxygen atoms in total. The molecule has 0 saturated heterocycles.